The van der Waals surface area contributed by atoms with Crippen LogP contribution in [0.3, 0.4) is 0 Å². The summed E-state index contributed by atoms with van der Waals surface area (Å²) in [5.74, 6) is 0.953. The lowest BCUT2D eigenvalue weighted by Gasteiger charge is -2.02. The van der Waals surface area contributed by atoms with E-state index in [2.05, 4.69) is 19.2 Å². The Labute approximate surface area is 79.5 Å². The monoisotopic (exact) mass is 189 g/mol. The molecule has 0 aromatic heterocycles. The molecule has 0 spiro atoms. The van der Waals surface area contributed by atoms with Gasteiger partial charge in [-0.1, -0.05) is 38.5 Å². The number of carbonyl (C=O) groups is 1. The molecule has 0 heterocycles. The van der Waals surface area contributed by atoms with E-state index in [4.69, 9.17) is 0 Å². The number of amides is 1. The van der Waals surface area contributed by atoms with Gasteiger partial charge < -0.3 is 5.32 Å². The maximum atomic E-state index is 11.0. The van der Waals surface area contributed by atoms with Crippen LogP contribution in [0.5, 0.6) is 0 Å². The van der Waals surface area contributed by atoms with Crippen LogP contribution in [0, 0.1) is 0 Å². The van der Waals surface area contributed by atoms with Crippen LogP contribution >= 0.6 is 11.8 Å². The molecule has 1 amide bonds. The van der Waals surface area contributed by atoms with Crippen molar-refractivity contribution in [3.8, 4) is 0 Å². The molecule has 0 aliphatic carbocycles. The van der Waals surface area contributed by atoms with E-state index in [1.807, 2.05) is 0 Å². The summed E-state index contributed by atoms with van der Waals surface area (Å²) in [6.45, 7) is 5.08. The number of hydrogen-bond acceptors (Lipinski definition) is 2. The minimum Gasteiger partial charge on any atom is -0.347 e. The van der Waals surface area contributed by atoms with Crippen molar-refractivity contribution in [1.82, 2.24) is 5.32 Å². The first-order valence-electron chi connectivity index (χ1n) is 4.71. The van der Waals surface area contributed by atoms with Crippen LogP contribution < -0.4 is 5.32 Å². The van der Waals surface area contributed by atoms with Crippen molar-refractivity contribution < 1.29 is 4.79 Å². The average Bonchev–Trinajstić information content (AvgIpc) is 2.06. The van der Waals surface area contributed by atoms with Crippen LogP contribution in [0.2, 0.25) is 0 Å². The topological polar surface area (TPSA) is 29.1 Å². The van der Waals surface area contributed by atoms with Crippen molar-refractivity contribution in [2.24, 2.45) is 0 Å². The fraction of sp³-hybridized carbons (Fsp3) is 0.889. The number of unbranched alkanes of at least 4 members (excludes halogenated alkanes) is 2. The largest absolute Gasteiger partial charge is 0.347 e. The van der Waals surface area contributed by atoms with Gasteiger partial charge in [-0.05, 0) is 12.8 Å². The maximum Gasteiger partial charge on any atom is 0.279 e. The summed E-state index contributed by atoms with van der Waals surface area (Å²) in [6, 6.07) is 0. The van der Waals surface area contributed by atoms with Gasteiger partial charge in [0.15, 0.2) is 0 Å². The molecule has 0 fully saturated rings. The van der Waals surface area contributed by atoms with Gasteiger partial charge in [-0.15, -0.1) is 0 Å². The minimum absolute atomic E-state index is 0.136. The Balaban J connectivity index is 3.10. The van der Waals surface area contributed by atoms with Crippen LogP contribution in [0.25, 0.3) is 0 Å². The minimum atomic E-state index is 0.136. The molecular weight excluding hydrogens is 170 g/mol. The fourth-order valence-electron chi connectivity index (χ4n) is 0.727. The zero-order valence-electron chi connectivity index (χ0n) is 8.06. The highest BCUT2D eigenvalue weighted by molar-refractivity contribution is 8.13. The normalized spacial score (nSPS) is 9.83. The number of nitrogens with one attached hydrogen (secondary N) is 1. The molecule has 12 heavy (non-hydrogen) atoms. The van der Waals surface area contributed by atoms with Gasteiger partial charge in [-0.2, -0.15) is 0 Å². The Bertz CT molecular complexity index is 105. The first-order chi connectivity index (χ1) is 5.81. The van der Waals surface area contributed by atoms with Crippen LogP contribution in [0.15, 0.2) is 0 Å². The highest BCUT2D eigenvalue weighted by atomic mass is 32.2. The van der Waals surface area contributed by atoms with Gasteiger partial charge in [0.25, 0.3) is 5.24 Å². The third-order valence-electron chi connectivity index (χ3n) is 1.53. The predicted molar refractivity (Wildman–Crippen MR) is 55.7 cm³/mol. The zero-order valence-corrected chi connectivity index (χ0v) is 8.88. The Morgan fingerprint density at radius 1 is 1.25 bits per heavy atom. The van der Waals surface area contributed by atoms with Gasteiger partial charge in [0.1, 0.15) is 0 Å². The maximum absolute atomic E-state index is 11.0. The lowest BCUT2D eigenvalue weighted by molar-refractivity contribution is 0.260. The molecule has 0 aliphatic heterocycles. The smallest absolute Gasteiger partial charge is 0.279 e. The molecule has 0 atom stereocenters. The van der Waals surface area contributed by atoms with Crippen molar-refractivity contribution >= 4 is 17.0 Å². The lowest BCUT2D eigenvalue weighted by atomic mass is 10.3. The van der Waals surface area contributed by atoms with Gasteiger partial charge in [0.05, 0.1) is 0 Å². The molecule has 3 heteroatoms. The van der Waals surface area contributed by atoms with Crippen molar-refractivity contribution in [3.63, 3.8) is 0 Å². The summed E-state index contributed by atoms with van der Waals surface area (Å²) in [6.07, 6.45) is 4.51. The second-order valence-corrected chi connectivity index (χ2v) is 3.84. The van der Waals surface area contributed by atoms with Gasteiger partial charge in [0, 0.05) is 12.3 Å². The van der Waals surface area contributed by atoms with Crippen LogP contribution in [0.4, 0.5) is 4.79 Å². The van der Waals surface area contributed by atoms with E-state index in [0.29, 0.717) is 0 Å². The molecule has 1 N–H and O–H groups in total. The van der Waals surface area contributed by atoms with Crippen LogP contribution in [0.1, 0.15) is 39.5 Å². The Morgan fingerprint density at radius 3 is 2.50 bits per heavy atom. The summed E-state index contributed by atoms with van der Waals surface area (Å²) in [5.41, 5.74) is 0. The quantitative estimate of drug-likeness (QED) is 0.651. The third-order valence-corrected chi connectivity index (χ3v) is 2.43. The zero-order chi connectivity index (χ0) is 9.23. The SMILES string of the molecule is CCCCNC(=O)SCCCC. The van der Waals surface area contributed by atoms with Gasteiger partial charge in [-0.3, -0.25) is 4.79 Å². The van der Waals surface area contributed by atoms with Crippen LogP contribution in [-0.2, 0) is 0 Å². The first-order valence-corrected chi connectivity index (χ1v) is 5.70. The van der Waals surface area contributed by atoms with Gasteiger partial charge >= 0.3 is 0 Å². The van der Waals surface area contributed by atoms with Crippen molar-refractivity contribution in [2.45, 2.75) is 39.5 Å². The number of carbonyl (C=O) groups excluding carboxylic acids is 1. The molecule has 0 aliphatic rings. The standard InChI is InChI=1S/C9H19NOS/c1-3-5-7-10-9(11)12-8-6-4-2/h3-8H2,1-2H3,(H,10,11). The molecular formula is C9H19NOS. The fourth-order valence-corrected chi connectivity index (χ4v) is 1.55. The Morgan fingerprint density at radius 2 is 1.92 bits per heavy atom. The van der Waals surface area contributed by atoms with E-state index >= 15 is 0 Å². The molecule has 0 saturated heterocycles. The summed E-state index contributed by atoms with van der Waals surface area (Å²) >= 11 is 1.40. The predicted octanol–water partition coefficient (Wildman–Crippen LogP) is 3.03. The van der Waals surface area contributed by atoms with E-state index in [1.165, 1.54) is 11.8 Å². The highest BCUT2D eigenvalue weighted by Crippen LogP contribution is 2.04. The van der Waals surface area contributed by atoms with E-state index in [1.54, 1.807) is 0 Å². The summed E-state index contributed by atoms with van der Waals surface area (Å²) in [4.78, 5) is 11.0. The third kappa shape index (κ3) is 7.92. The van der Waals surface area contributed by atoms with Crippen molar-refractivity contribution in [1.29, 1.82) is 0 Å². The molecule has 0 unspecified atom stereocenters. The number of rotatable bonds is 6. The molecule has 0 aromatic rings. The Kier molecular flexibility index (Phi) is 8.78. The average molecular weight is 189 g/mol. The molecule has 72 valence electrons. The number of hydrogen-bond donors (Lipinski definition) is 1. The molecule has 0 radical (unpaired) electrons. The first kappa shape index (κ1) is 11.8. The van der Waals surface area contributed by atoms with Crippen molar-refractivity contribution in [3.05, 3.63) is 0 Å². The van der Waals surface area contributed by atoms with Gasteiger partial charge in [-0.25, -0.2) is 0 Å². The van der Waals surface area contributed by atoms with Crippen LogP contribution in [-0.4, -0.2) is 17.5 Å². The Hall–Kier alpha value is -0.180. The van der Waals surface area contributed by atoms with E-state index < -0.39 is 0 Å². The molecule has 0 saturated carbocycles. The van der Waals surface area contributed by atoms with Gasteiger partial charge in [0.2, 0.25) is 0 Å². The molecule has 0 aromatic carbocycles. The summed E-state index contributed by atoms with van der Waals surface area (Å²) in [7, 11) is 0. The van der Waals surface area contributed by atoms with E-state index in [0.717, 1.165) is 38.0 Å². The summed E-state index contributed by atoms with van der Waals surface area (Å²) < 4.78 is 0. The lowest BCUT2D eigenvalue weighted by Crippen LogP contribution is -2.19. The van der Waals surface area contributed by atoms with E-state index in [-0.39, 0.29) is 5.24 Å². The molecule has 2 nitrogen and oxygen atoms in total. The molecule has 0 bridgehead atoms. The summed E-state index contributed by atoms with van der Waals surface area (Å²) in [5, 5.41) is 3.00. The highest BCUT2D eigenvalue weighted by Gasteiger charge is 1.98. The van der Waals surface area contributed by atoms with Crippen molar-refractivity contribution in [2.75, 3.05) is 12.3 Å². The second-order valence-electron chi connectivity index (χ2n) is 2.77. The van der Waals surface area contributed by atoms with E-state index in [9.17, 15) is 4.79 Å². The number of thioether (sulfide) groups is 1. The second kappa shape index (κ2) is 8.91. The molecule has 0 rings (SSSR count).